The van der Waals surface area contributed by atoms with Gasteiger partial charge in [-0.3, -0.25) is 4.79 Å². The molecule has 0 radical (unpaired) electrons. The number of hydrogen-bond acceptors (Lipinski definition) is 5. The largest absolute Gasteiger partial charge is 0.323 e. The van der Waals surface area contributed by atoms with Crippen LogP contribution in [0.25, 0.3) is 21.3 Å². The number of carbonyl (C=O) groups is 1. The van der Waals surface area contributed by atoms with Crippen molar-refractivity contribution in [1.82, 2.24) is 9.97 Å². The minimum atomic E-state index is -0.485. The van der Waals surface area contributed by atoms with Gasteiger partial charge in [0, 0.05) is 15.4 Å². The molecular formula is C20H13BrFN3OS2. The third-order valence-corrected chi connectivity index (χ3v) is 6.33. The van der Waals surface area contributed by atoms with Crippen molar-refractivity contribution in [3.05, 3.63) is 70.5 Å². The van der Waals surface area contributed by atoms with Crippen LogP contribution >= 0.6 is 39.0 Å². The molecule has 0 spiro atoms. The maximum Gasteiger partial charge on any atom is 0.234 e. The van der Waals surface area contributed by atoms with E-state index in [0.717, 1.165) is 26.4 Å². The third kappa shape index (κ3) is 4.09. The third-order valence-electron chi connectivity index (χ3n) is 3.97. The molecule has 1 N–H and O–H groups in total. The zero-order valence-corrected chi connectivity index (χ0v) is 17.6. The van der Waals surface area contributed by atoms with Crippen molar-refractivity contribution in [2.45, 2.75) is 5.03 Å². The highest BCUT2D eigenvalue weighted by atomic mass is 79.9. The van der Waals surface area contributed by atoms with E-state index < -0.39 is 5.82 Å². The lowest BCUT2D eigenvalue weighted by molar-refractivity contribution is -0.113. The number of nitrogens with one attached hydrogen (secondary N) is 1. The number of rotatable bonds is 5. The summed E-state index contributed by atoms with van der Waals surface area (Å²) in [5.74, 6) is -0.665. The Labute approximate surface area is 177 Å². The number of amides is 1. The predicted molar refractivity (Wildman–Crippen MR) is 116 cm³/mol. The van der Waals surface area contributed by atoms with Gasteiger partial charge >= 0.3 is 0 Å². The summed E-state index contributed by atoms with van der Waals surface area (Å²) in [7, 11) is 0. The molecule has 0 unspecified atom stereocenters. The summed E-state index contributed by atoms with van der Waals surface area (Å²) < 4.78 is 14.5. The first-order valence-electron chi connectivity index (χ1n) is 8.27. The van der Waals surface area contributed by atoms with E-state index in [9.17, 15) is 9.18 Å². The molecule has 4 nitrogen and oxygen atoms in total. The van der Waals surface area contributed by atoms with Crippen LogP contribution in [0.15, 0.2) is 69.7 Å². The van der Waals surface area contributed by atoms with Gasteiger partial charge in [0.25, 0.3) is 0 Å². The van der Waals surface area contributed by atoms with Crippen LogP contribution in [0.3, 0.4) is 0 Å². The van der Waals surface area contributed by atoms with Crippen LogP contribution in [0.2, 0.25) is 0 Å². The number of hydrogen-bond donors (Lipinski definition) is 1. The van der Waals surface area contributed by atoms with Gasteiger partial charge in [0.05, 0.1) is 16.8 Å². The lowest BCUT2D eigenvalue weighted by atomic mass is 10.1. The van der Waals surface area contributed by atoms with Gasteiger partial charge in [-0.2, -0.15) is 0 Å². The molecule has 2 heterocycles. The summed E-state index contributed by atoms with van der Waals surface area (Å²) in [6, 6.07) is 14.5. The molecule has 1 amide bonds. The maximum absolute atomic E-state index is 13.9. The van der Waals surface area contributed by atoms with Crippen LogP contribution in [0.1, 0.15) is 0 Å². The van der Waals surface area contributed by atoms with E-state index >= 15 is 0 Å². The van der Waals surface area contributed by atoms with Crippen LogP contribution < -0.4 is 5.32 Å². The molecule has 140 valence electrons. The van der Waals surface area contributed by atoms with Crippen molar-refractivity contribution in [3.8, 4) is 11.1 Å². The van der Waals surface area contributed by atoms with E-state index in [1.807, 2.05) is 30.3 Å². The van der Waals surface area contributed by atoms with Crippen LogP contribution in [0.5, 0.6) is 0 Å². The van der Waals surface area contributed by atoms with Crippen molar-refractivity contribution in [2.75, 3.05) is 11.1 Å². The highest BCUT2D eigenvalue weighted by Gasteiger charge is 2.15. The molecule has 0 atom stereocenters. The average molecular weight is 474 g/mol. The molecule has 8 heteroatoms. The maximum atomic E-state index is 13.9. The van der Waals surface area contributed by atoms with Crippen molar-refractivity contribution in [3.63, 3.8) is 0 Å². The molecule has 0 saturated heterocycles. The molecule has 0 fully saturated rings. The number of thiophene rings is 1. The second-order valence-corrected chi connectivity index (χ2v) is 8.57. The van der Waals surface area contributed by atoms with Crippen LogP contribution in [0, 0.1) is 5.82 Å². The molecule has 0 aliphatic carbocycles. The molecule has 28 heavy (non-hydrogen) atoms. The summed E-state index contributed by atoms with van der Waals surface area (Å²) in [5, 5.41) is 6.32. The SMILES string of the molecule is O=C(CSc1ncnc2scc(-c3ccccc3)c12)Nc1ccc(Br)cc1F. The van der Waals surface area contributed by atoms with E-state index in [1.54, 1.807) is 17.4 Å². The number of thioether (sulfide) groups is 1. The topological polar surface area (TPSA) is 54.9 Å². The van der Waals surface area contributed by atoms with Crippen LogP contribution in [0.4, 0.5) is 10.1 Å². The number of nitrogens with zero attached hydrogens (tertiary/aromatic N) is 2. The molecule has 4 rings (SSSR count). The summed E-state index contributed by atoms with van der Waals surface area (Å²) in [5.41, 5.74) is 2.27. The number of aromatic nitrogens is 2. The monoisotopic (exact) mass is 473 g/mol. The normalized spacial score (nSPS) is 10.9. The number of halogens is 2. The summed E-state index contributed by atoms with van der Waals surface area (Å²) in [4.78, 5) is 21.9. The van der Waals surface area contributed by atoms with E-state index in [-0.39, 0.29) is 17.3 Å². The number of benzene rings is 2. The van der Waals surface area contributed by atoms with E-state index in [2.05, 4.69) is 36.6 Å². The first-order valence-corrected chi connectivity index (χ1v) is 10.9. The number of anilines is 1. The Morgan fingerprint density at radius 3 is 2.79 bits per heavy atom. The highest BCUT2D eigenvalue weighted by Crippen LogP contribution is 2.37. The molecule has 0 aliphatic rings. The number of carbonyl (C=O) groups excluding carboxylic acids is 1. The van der Waals surface area contributed by atoms with Gasteiger partial charge in [-0.05, 0) is 23.8 Å². The van der Waals surface area contributed by atoms with Gasteiger partial charge < -0.3 is 5.32 Å². The fourth-order valence-electron chi connectivity index (χ4n) is 2.70. The Morgan fingerprint density at radius 1 is 1.18 bits per heavy atom. The molecular weight excluding hydrogens is 461 g/mol. The first kappa shape index (κ1) is 19.0. The van der Waals surface area contributed by atoms with Crippen LogP contribution in [-0.2, 0) is 4.79 Å². The Hall–Kier alpha value is -2.29. The van der Waals surface area contributed by atoms with Crippen molar-refractivity contribution < 1.29 is 9.18 Å². The molecule has 2 aromatic heterocycles. The minimum Gasteiger partial charge on any atom is -0.323 e. The second kappa shape index (κ2) is 8.38. The van der Waals surface area contributed by atoms with E-state index in [4.69, 9.17) is 0 Å². The molecule has 2 aromatic carbocycles. The predicted octanol–water partition coefficient (Wildman–Crippen LogP) is 5.99. The lowest BCUT2D eigenvalue weighted by Gasteiger charge is -2.08. The Morgan fingerprint density at radius 2 is 2.00 bits per heavy atom. The minimum absolute atomic E-state index is 0.117. The number of fused-ring (bicyclic) bond motifs is 1. The Bertz CT molecular complexity index is 1150. The molecule has 0 aliphatic heterocycles. The van der Waals surface area contributed by atoms with Gasteiger partial charge in [-0.25, -0.2) is 14.4 Å². The Kier molecular flexibility index (Phi) is 5.70. The quantitative estimate of drug-likeness (QED) is 0.285. The van der Waals surface area contributed by atoms with E-state index in [0.29, 0.717) is 4.47 Å². The fourth-order valence-corrected chi connectivity index (χ4v) is 4.82. The van der Waals surface area contributed by atoms with Crippen molar-refractivity contribution >= 4 is 60.8 Å². The van der Waals surface area contributed by atoms with Gasteiger partial charge in [0.15, 0.2) is 0 Å². The van der Waals surface area contributed by atoms with Gasteiger partial charge in [0.1, 0.15) is 22.0 Å². The average Bonchev–Trinajstić information content (AvgIpc) is 3.14. The summed E-state index contributed by atoms with van der Waals surface area (Å²) in [6.07, 6.45) is 1.50. The van der Waals surface area contributed by atoms with Crippen LogP contribution in [-0.4, -0.2) is 21.6 Å². The van der Waals surface area contributed by atoms with Crippen molar-refractivity contribution in [2.24, 2.45) is 0 Å². The molecule has 4 aromatic rings. The smallest absolute Gasteiger partial charge is 0.234 e. The summed E-state index contributed by atoms with van der Waals surface area (Å²) >= 11 is 6.05. The highest BCUT2D eigenvalue weighted by molar-refractivity contribution is 9.10. The molecule has 0 saturated carbocycles. The van der Waals surface area contributed by atoms with Crippen molar-refractivity contribution in [1.29, 1.82) is 0 Å². The standard InChI is InChI=1S/C20H13BrFN3OS2/c21-13-6-7-16(15(22)8-13)25-17(26)10-28-20-18-14(12-4-2-1-3-5-12)9-27-19(18)23-11-24-20/h1-9,11H,10H2,(H,25,26). The van der Waals surface area contributed by atoms with Gasteiger partial charge in [-0.15, -0.1) is 11.3 Å². The van der Waals surface area contributed by atoms with E-state index in [1.165, 1.54) is 30.2 Å². The van der Waals surface area contributed by atoms with Gasteiger partial charge in [-0.1, -0.05) is 58.0 Å². The zero-order chi connectivity index (χ0) is 19.5. The molecule has 0 bridgehead atoms. The fraction of sp³-hybridized carbons (Fsp3) is 0.0500. The Balaban J connectivity index is 1.55. The summed E-state index contributed by atoms with van der Waals surface area (Å²) in [6.45, 7) is 0. The lowest BCUT2D eigenvalue weighted by Crippen LogP contribution is -2.15. The first-order chi connectivity index (χ1) is 13.6. The second-order valence-electron chi connectivity index (χ2n) is 5.84. The zero-order valence-electron chi connectivity index (χ0n) is 14.4. The van der Waals surface area contributed by atoms with Gasteiger partial charge in [0.2, 0.25) is 5.91 Å².